The van der Waals surface area contributed by atoms with Crippen LogP contribution in [0, 0.1) is 0 Å². The van der Waals surface area contributed by atoms with Crippen LogP contribution in [0.25, 0.3) is 87.4 Å². The number of thiophene rings is 1. The molecule has 4 heteroatoms. The van der Waals surface area contributed by atoms with Crippen LogP contribution in [0.5, 0.6) is 0 Å². The lowest BCUT2D eigenvalue weighted by Gasteiger charge is -2.34. The average molecular weight is 782 g/mol. The molecule has 0 saturated carbocycles. The van der Waals surface area contributed by atoms with Crippen molar-refractivity contribution in [1.29, 1.82) is 0 Å². The smallest absolute Gasteiger partial charge is 0.164 e. The summed E-state index contributed by atoms with van der Waals surface area (Å²) >= 11 is 1.85. The van der Waals surface area contributed by atoms with Gasteiger partial charge in [-0.25, -0.2) is 15.0 Å². The Kier molecular flexibility index (Phi) is 7.94. The largest absolute Gasteiger partial charge is 0.208 e. The van der Waals surface area contributed by atoms with E-state index in [1.54, 1.807) is 0 Å². The maximum Gasteiger partial charge on any atom is 0.164 e. The minimum absolute atomic E-state index is 0.484. The molecule has 0 N–H and O–H groups in total. The Hall–Kier alpha value is -7.53. The van der Waals surface area contributed by atoms with Crippen molar-refractivity contribution in [2.24, 2.45) is 0 Å². The van der Waals surface area contributed by atoms with E-state index in [-0.39, 0.29) is 0 Å². The molecule has 280 valence electrons. The molecule has 0 radical (unpaired) electrons. The molecule has 1 aliphatic rings. The molecular weight excluding hydrogens is 747 g/mol. The molecule has 12 rings (SSSR count). The second-order valence-corrected chi connectivity index (χ2v) is 16.6. The van der Waals surface area contributed by atoms with E-state index in [2.05, 4.69) is 194 Å². The summed E-state index contributed by atoms with van der Waals surface area (Å²) in [6.45, 7) is 0. The van der Waals surface area contributed by atoms with Gasteiger partial charge in [-0.05, 0) is 79.5 Å². The van der Waals surface area contributed by atoms with Gasteiger partial charge in [0.15, 0.2) is 17.5 Å². The van der Waals surface area contributed by atoms with Gasteiger partial charge >= 0.3 is 0 Å². The Labute approximate surface area is 352 Å². The molecule has 0 spiro atoms. The van der Waals surface area contributed by atoms with E-state index in [4.69, 9.17) is 15.0 Å². The third-order valence-electron chi connectivity index (χ3n) is 12.2. The topological polar surface area (TPSA) is 38.7 Å². The molecule has 3 nitrogen and oxygen atoms in total. The van der Waals surface area contributed by atoms with Gasteiger partial charge in [0, 0.05) is 36.9 Å². The number of benzene rings is 9. The second-order valence-electron chi connectivity index (χ2n) is 15.5. The zero-order chi connectivity index (χ0) is 39.6. The molecule has 0 saturated heterocycles. The number of nitrogens with zero attached hydrogens (tertiary/aromatic N) is 3. The first kappa shape index (κ1) is 34.5. The van der Waals surface area contributed by atoms with Crippen molar-refractivity contribution in [1.82, 2.24) is 15.0 Å². The van der Waals surface area contributed by atoms with E-state index in [9.17, 15) is 0 Å². The predicted molar refractivity (Wildman–Crippen MR) is 249 cm³/mol. The Bertz CT molecular complexity index is 3400. The highest BCUT2D eigenvalue weighted by Gasteiger charge is 2.46. The normalized spacial score (nSPS) is 12.8. The molecule has 0 unspecified atom stereocenters. The van der Waals surface area contributed by atoms with Crippen LogP contribution in [0.15, 0.2) is 212 Å². The van der Waals surface area contributed by atoms with Crippen LogP contribution in [-0.4, -0.2) is 15.0 Å². The summed E-state index contributed by atoms with van der Waals surface area (Å²) in [5.74, 6) is 1.93. The standard InChI is InChI=1S/C56H35N3S/c1-3-17-37(18-4-1)53-57-54(39-31-30-36-16-7-8-19-38(36)34-39)59-55(58-53)46-25-10-9-22-42(46)45-26-15-29-51-52(45)47-35-41(32-33-50(47)60-51)56(40-20-5-2-6-21-40)48-27-13-11-23-43(48)44-24-12-14-28-49(44)56/h1-35H. The van der Waals surface area contributed by atoms with Gasteiger partial charge in [0.25, 0.3) is 0 Å². The summed E-state index contributed by atoms with van der Waals surface area (Å²) in [6, 6.07) is 76.5. The fourth-order valence-corrected chi connectivity index (χ4v) is 10.7. The van der Waals surface area contributed by atoms with Crippen molar-refractivity contribution in [2.75, 3.05) is 0 Å². The van der Waals surface area contributed by atoms with Gasteiger partial charge in [0.1, 0.15) is 0 Å². The Morgan fingerprint density at radius 2 is 0.917 bits per heavy atom. The lowest BCUT2D eigenvalue weighted by Crippen LogP contribution is -2.28. The van der Waals surface area contributed by atoms with E-state index >= 15 is 0 Å². The second kappa shape index (κ2) is 13.8. The van der Waals surface area contributed by atoms with Crippen LogP contribution in [0.1, 0.15) is 22.3 Å². The molecular formula is C56H35N3S. The third kappa shape index (κ3) is 5.31. The highest BCUT2D eigenvalue weighted by molar-refractivity contribution is 7.26. The van der Waals surface area contributed by atoms with Crippen LogP contribution in [0.4, 0.5) is 0 Å². The maximum absolute atomic E-state index is 5.25. The first-order valence-electron chi connectivity index (χ1n) is 20.4. The zero-order valence-electron chi connectivity index (χ0n) is 32.5. The van der Waals surface area contributed by atoms with Crippen molar-refractivity contribution < 1.29 is 0 Å². The number of hydrogen-bond donors (Lipinski definition) is 0. The minimum atomic E-state index is -0.484. The monoisotopic (exact) mass is 781 g/mol. The van der Waals surface area contributed by atoms with Crippen molar-refractivity contribution in [3.05, 3.63) is 235 Å². The number of fused-ring (bicyclic) bond motifs is 7. The summed E-state index contributed by atoms with van der Waals surface area (Å²) in [7, 11) is 0. The van der Waals surface area contributed by atoms with Gasteiger partial charge in [0.2, 0.25) is 0 Å². The van der Waals surface area contributed by atoms with Crippen LogP contribution in [-0.2, 0) is 5.41 Å². The van der Waals surface area contributed by atoms with Gasteiger partial charge in [0.05, 0.1) is 5.41 Å². The van der Waals surface area contributed by atoms with E-state index in [1.807, 2.05) is 29.5 Å². The Morgan fingerprint density at radius 1 is 0.333 bits per heavy atom. The van der Waals surface area contributed by atoms with Crippen molar-refractivity contribution >= 4 is 42.3 Å². The summed E-state index contributed by atoms with van der Waals surface area (Å²) in [5, 5.41) is 4.81. The fourth-order valence-electron chi connectivity index (χ4n) is 9.58. The van der Waals surface area contributed by atoms with Crippen LogP contribution < -0.4 is 0 Å². The predicted octanol–water partition coefficient (Wildman–Crippen LogP) is 14.4. The van der Waals surface area contributed by atoms with Crippen LogP contribution >= 0.6 is 11.3 Å². The van der Waals surface area contributed by atoms with E-state index in [0.29, 0.717) is 17.5 Å². The lowest BCUT2D eigenvalue weighted by molar-refractivity contribution is 0.770. The molecule has 60 heavy (non-hydrogen) atoms. The van der Waals surface area contributed by atoms with E-state index in [0.717, 1.165) is 33.2 Å². The molecule has 11 aromatic rings. The molecule has 0 bridgehead atoms. The summed E-state index contributed by atoms with van der Waals surface area (Å²) in [5.41, 5.74) is 12.3. The number of aromatic nitrogens is 3. The van der Waals surface area contributed by atoms with Crippen molar-refractivity contribution in [3.8, 4) is 56.4 Å². The SMILES string of the molecule is c1ccc(-c2nc(-c3ccc4ccccc4c3)nc(-c3ccccc3-c3cccc4sc5ccc(C6(c7ccccc7)c7ccccc7-c7ccccc76)cc5c34)n2)cc1. The summed E-state index contributed by atoms with van der Waals surface area (Å²) in [6.07, 6.45) is 0. The highest BCUT2D eigenvalue weighted by atomic mass is 32.1. The molecule has 1 aliphatic carbocycles. The van der Waals surface area contributed by atoms with Gasteiger partial charge in [-0.1, -0.05) is 188 Å². The highest BCUT2D eigenvalue weighted by Crippen LogP contribution is 2.57. The van der Waals surface area contributed by atoms with Gasteiger partial charge < -0.3 is 0 Å². The molecule has 0 atom stereocenters. The quantitative estimate of drug-likeness (QED) is 0.169. The molecule has 0 fully saturated rings. The first-order valence-corrected chi connectivity index (χ1v) is 21.2. The van der Waals surface area contributed by atoms with Gasteiger partial charge in [-0.3, -0.25) is 0 Å². The summed E-state index contributed by atoms with van der Waals surface area (Å²) < 4.78 is 2.50. The minimum Gasteiger partial charge on any atom is -0.208 e. The number of hydrogen-bond acceptors (Lipinski definition) is 4. The van der Waals surface area contributed by atoms with E-state index in [1.165, 1.54) is 58.9 Å². The molecule has 9 aromatic carbocycles. The molecule has 2 aromatic heterocycles. The molecule has 0 amide bonds. The summed E-state index contributed by atoms with van der Waals surface area (Å²) in [4.78, 5) is 15.5. The van der Waals surface area contributed by atoms with Gasteiger partial charge in [-0.2, -0.15) is 0 Å². The van der Waals surface area contributed by atoms with Crippen LogP contribution in [0.3, 0.4) is 0 Å². The van der Waals surface area contributed by atoms with Gasteiger partial charge in [-0.15, -0.1) is 11.3 Å². The fraction of sp³-hybridized carbons (Fsp3) is 0.0179. The lowest BCUT2D eigenvalue weighted by atomic mass is 9.67. The van der Waals surface area contributed by atoms with Crippen molar-refractivity contribution in [3.63, 3.8) is 0 Å². The Morgan fingerprint density at radius 3 is 1.67 bits per heavy atom. The number of rotatable bonds is 6. The average Bonchev–Trinajstić information content (AvgIpc) is 3.85. The maximum atomic E-state index is 5.25. The Balaban J connectivity index is 1.09. The van der Waals surface area contributed by atoms with Crippen molar-refractivity contribution in [2.45, 2.75) is 5.41 Å². The molecule has 2 heterocycles. The third-order valence-corrected chi connectivity index (χ3v) is 13.4. The molecule has 0 aliphatic heterocycles. The van der Waals surface area contributed by atoms with E-state index < -0.39 is 5.41 Å². The van der Waals surface area contributed by atoms with Crippen LogP contribution in [0.2, 0.25) is 0 Å². The zero-order valence-corrected chi connectivity index (χ0v) is 33.3. The first-order chi connectivity index (χ1) is 29.7.